The first-order valence-electron chi connectivity index (χ1n) is 6.15. The van der Waals surface area contributed by atoms with Crippen LogP contribution in [-0.2, 0) is 0 Å². The normalized spacial score (nSPS) is 15.8. The van der Waals surface area contributed by atoms with Crippen molar-refractivity contribution in [3.8, 4) is 0 Å². The highest BCUT2D eigenvalue weighted by Crippen LogP contribution is 2.36. The Bertz CT molecular complexity index is 352. The highest BCUT2D eigenvalue weighted by molar-refractivity contribution is 5.97. The lowest BCUT2D eigenvalue weighted by Crippen LogP contribution is -2.22. The lowest BCUT2D eigenvalue weighted by atomic mass is 9.80. The molecule has 0 heterocycles. The molecule has 2 heteroatoms. The highest BCUT2D eigenvalue weighted by Gasteiger charge is 2.19. The Morgan fingerprint density at radius 1 is 1.31 bits per heavy atom. The van der Waals surface area contributed by atoms with Crippen LogP contribution in [0.15, 0.2) is 24.3 Å². The van der Waals surface area contributed by atoms with E-state index in [0.717, 1.165) is 18.0 Å². The summed E-state index contributed by atoms with van der Waals surface area (Å²) in [5, 5.41) is 3.06. The largest absolute Gasteiger partial charge is 0.310 e. The summed E-state index contributed by atoms with van der Waals surface area (Å²) in [5.74, 6) is 0.930. The van der Waals surface area contributed by atoms with Crippen molar-refractivity contribution >= 4 is 5.78 Å². The monoisotopic (exact) mass is 217 g/mol. The minimum Gasteiger partial charge on any atom is -0.310 e. The van der Waals surface area contributed by atoms with E-state index in [1.165, 1.54) is 24.8 Å². The summed E-state index contributed by atoms with van der Waals surface area (Å²) in [6.45, 7) is 3.29. The predicted octanol–water partition coefficient (Wildman–Crippen LogP) is 2.75. The lowest BCUT2D eigenvalue weighted by Gasteiger charge is -2.25. The van der Waals surface area contributed by atoms with Gasteiger partial charge in [0.15, 0.2) is 5.78 Å². The van der Waals surface area contributed by atoms with E-state index in [1.807, 2.05) is 19.1 Å². The van der Waals surface area contributed by atoms with Crippen molar-refractivity contribution in [1.82, 2.24) is 5.32 Å². The van der Waals surface area contributed by atoms with Crippen LogP contribution < -0.4 is 5.32 Å². The molecule has 1 fully saturated rings. The minimum absolute atomic E-state index is 0.182. The quantitative estimate of drug-likeness (QED) is 0.768. The molecule has 1 aliphatic rings. The molecule has 1 saturated carbocycles. The molecule has 0 saturated heterocycles. The molecule has 1 aromatic carbocycles. The van der Waals surface area contributed by atoms with E-state index in [0.29, 0.717) is 6.54 Å². The summed E-state index contributed by atoms with van der Waals surface area (Å²) in [5.41, 5.74) is 2.22. The molecule has 0 unspecified atom stereocenters. The Morgan fingerprint density at radius 3 is 2.50 bits per heavy atom. The second kappa shape index (κ2) is 5.26. The van der Waals surface area contributed by atoms with Crippen molar-refractivity contribution in [2.24, 2.45) is 0 Å². The van der Waals surface area contributed by atoms with Crippen LogP contribution >= 0.6 is 0 Å². The number of ketones is 1. The molecule has 0 spiro atoms. The first-order chi connectivity index (χ1) is 7.81. The van der Waals surface area contributed by atoms with Gasteiger partial charge in [0, 0.05) is 5.56 Å². The van der Waals surface area contributed by atoms with E-state index in [-0.39, 0.29) is 5.78 Å². The van der Waals surface area contributed by atoms with Gasteiger partial charge in [-0.15, -0.1) is 0 Å². The summed E-state index contributed by atoms with van der Waals surface area (Å²) in [7, 11) is 0. The zero-order valence-electron chi connectivity index (χ0n) is 9.83. The molecule has 1 N–H and O–H groups in total. The maximum atomic E-state index is 11.7. The van der Waals surface area contributed by atoms with Crippen molar-refractivity contribution in [1.29, 1.82) is 0 Å². The fraction of sp³-hybridized carbons (Fsp3) is 0.500. The van der Waals surface area contributed by atoms with Gasteiger partial charge in [-0.2, -0.15) is 0 Å². The molecule has 1 aromatic rings. The Hall–Kier alpha value is -1.15. The fourth-order valence-electron chi connectivity index (χ4n) is 2.02. The van der Waals surface area contributed by atoms with Crippen LogP contribution in [0.25, 0.3) is 0 Å². The molecule has 0 bridgehead atoms. The zero-order chi connectivity index (χ0) is 11.4. The molecule has 2 rings (SSSR count). The maximum absolute atomic E-state index is 11.7. The topological polar surface area (TPSA) is 29.1 Å². The summed E-state index contributed by atoms with van der Waals surface area (Å²) in [6, 6.07) is 8.16. The number of Topliss-reactive ketones (excluding diaryl/α,β-unsaturated/α-hetero) is 1. The third kappa shape index (κ3) is 2.50. The fourth-order valence-corrected chi connectivity index (χ4v) is 2.02. The molecule has 16 heavy (non-hydrogen) atoms. The number of carbonyl (C=O) groups is 1. The van der Waals surface area contributed by atoms with Crippen molar-refractivity contribution in [2.45, 2.75) is 32.1 Å². The van der Waals surface area contributed by atoms with Crippen molar-refractivity contribution in [3.63, 3.8) is 0 Å². The van der Waals surface area contributed by atoms with E-state index in [1.54, 1.807) is 0 Å². The van der Waals surface area contributed by atoms with Gasteiger partial charge < -0.3 is 5.32 Å². The van der Waals surface area contributed by atoms with Gasteiger partial charge in [0.1, 0.15) is 0 Å². The molecule has 2 nitrogen and oxygen atoms in total. The van der Waals surface area contributed by atoms with E-state index in [2.05, 4.69) is 17.4 Å². The van der Waals surface area contributed by atoms with Crippen LogP contribution in [0.3, 0.4) is 0 Å². The van der Waals surface area contributed by atoms with Crippen LogP contribution in [-0.4, -0.2) is 18.9 Å². The van der Waals surface area contributed by atoms with Gasteiger partial charge in [0.05, 0.1) is 6.54 Å². The minimum atomic E-state index is 0.182. The first kappa shape index (κ1) is 11.3. The SMILES string of the molecule is CCNCC(=O)c1ccc(C2CCC2)cc1. The standard InChI is InChI=1S/C14H19NO/c1-2-15-10-14(16)13-8-6-12(7-9-13)11-4-3-5-11/h6-9,11,15H,2-5,10H2,1H3. The summed E-state index contributed by atoms with van der Waals surface area (Å²) >= 11 is 0. The summed E-state index contributed by atoms with van der Waals surface area (Å²) < 4.78 is 0. The number of hydrogen-bond acceptors (Lipinski definition) is 2. The Morgan fingerprint density at radius 2 is 2.00 bits per heavy atom. The number of likely N-dealkylation sites (N-methyl/N-ethyl adjacent to an activating group) is 1. The molecule has 0 aromatic heterocycles. The van der Waals surface area contributed by atoms with Crippen LogP contribution in [0.2, 0.25) is 0 Å². The second-order valence-electron chi connectivity index (χ2n) is 4.45. The third-order valence-electron chi connectivity index (χ3n) is 3.34. The maximum Gasteiger partial charge on any atom is 0.176 e. The number of rotatable bonds is 5. The summed E-state index contributed by atoms with van der Waals surface area (Å²) in [6.07, 6.45) is 3.97. The van der Waals surface area contributed by atoms with Gasteiger partial charge in [0.25, 0.3) is 0 Å². The molecule has 0 radical (unpaired) electrons. The van der Waals surface area contributed by atoms with Gasteiger partial charge in [-0.25, -0.2) is 0 Å². The van der Waals surface area contributed by atoms with Crippen molar-refractivity contribution in [3.05, 3.63) is 35.4 Å². The average Bonchev–Trinajstić information content (AvgIpc) is 2.24. The number of carbonyl (C=O) groups excluding carboxylic acids is 1. The van der Waals surface area contributed by atoms with Crippen LogP contribution in [0.5, 0.6) is 0 Å². The zero-order valence-corrected chi connectivity index (χ0v) is 9.83. The molecular weight excluding hydrogens is 198 g/mol. The second-order valence-corrected chi connectivity index (χ2v) is 4.45. The summed E-state index contributed by atoms with van der Waals surface area (Å²) in [4.78, 5) is 11.7. The van der Waals surface area contributed by atoms with E-state index in [4.69, 9.17) is 0 Å². The lowest BCUT2D eigenvalue weighted by molar-refractivity contribution is 0.0991. The molecule has 1 aliphatic carbocycles. The molecular formula is C14H19NO. The van der Waals surface area contributed by atoms with Gasteiger partial charge in [0.2, 0.25) is 0 Å². The Labute approximate surface area is 97.1 Å². The number of hydrogen-bond donors (Lipinski definition) is 1. The number of nitrogens with one attached hydrogen (secondary N) is 1. The van der Waals surface area contributed by atoms with E-state index < -0.39 is 0 Å². The predicted molar refractivity (Wildman–Crippen MR) is 65.9 cm³/mol. The molecule has 0 atom stereocenters. The van der Waals surface area contributed by atoms with Crippen molar-refractivity contribution in [2.75, 3.05) is 13.1 Å². The highest BCUT2D eigenvalue weighted by atomic mass is 16.1. The average molecular weight is 217 g/mol. The van der Waals surface area contributed by atoms with Crippen LogP contribution in [0, 0.1) is 0 Å². The smallest absolute Gasteiger partial charge is 0.176 e. The number of benzene rings is 1. The first-order valence-corrected chi connectivity index (χ1v) is 6.15. The van der Waals surface area contributed by atoms with Gasteiger partial charge in [-0.1, -0.05) is 37.6 Å². The van der Waals surface area contributed by atoms with E-state index in [9.17, 15) is 4.79 Å². The third-order valence-corrected chi connectivity index (χ3v) is 3.34. The van der Waals surface area contributed by atoms with E-state index >= 15 is 0 Å². The van der Waals surface area contributed by atoms with Crippen LogP contribution in [0.4, 0.5) is 0 Å². The molecule has 0 amide bonds. The van der Waals surface area contributed by atoms with Gasteiger partial charge in [-0.3, -0.25) is 4.79 Å². The molecule has 86 valence electrons. The van der Waals surface area contributed by atoms with Gasteiger partial charge >= 0.3 is 0 Å². The Kier molecular flexibility index (Phi) is 3.73. The Balaban J connectivity index is 1.98. The van der Waals surface area contributed by atoms with Gasteiger partial charge in [-0.05, 0) is 30.9 Å². The van der Waals surface area contributed by atoms with Crippen LogP contribution in [0.1, 0.15) is 48.0 Å². The van der Waals surface area contributed by atoms with Crippen molar-refractivity contribution < 1.29 is 4.79 Å². The molecule has 0 aliphatic heterocycles.